The van der Waals surface area contributed by atoms with Crippen molar-refractivity contribution in [3.63, 3.8) is 0 Å². The second kappa shape index (κ2) is 6.37. The lowest BCUT2D eigenvalue weighted by atomic mass is 10.1. The molecular weight excluding hydrogens is 378 g/mol. The summed E-state index contributed by atoms with van der Waals surface area (Å²) in [6, 6.07) is 2.18. The van der Waals surface area contributed by atoms with Crippen LogP contribution in [0.1, 0.15) is 5.56 Å². The van der Waals surface area contributed by atoms with Gasteiger partial charge in [0, 0.05) is 10.2 Å². The predicted octanol–water partition coefficient (Wildman–Crippen LogP) is 5.10. The summed E-state index contributed by atoms with van der Waals surface area (Å²) in [6.07, 6.45) is -12.8. The Kier molecular flexibility index (Phi) is 5.46. The molecule has 1 rings (SSSR count). The van der Waals surface area contributed by atoms with E-state index in [1.54, 1.807) is 0 Å². The largest absolute Gasteiger partial charge is 0.417 e. The molecule has 0 saturated carbocycles. The van der Waals surface area contributed by atoms with E-state index in [0.29, 0.717) is 6.07 Å². The summed E-state index contributed by atoms with van der Waals surface area (Å²) in [4.78, 5) is 0.159. The van der Waals surface area contributed by atoms with E-state index in [0.717, 1.165) is 12.1 Å². The quantitative estimate of drug-likeness (QED) is 0.651. The molecule has 1 aromatic rings. The topological polar surface area (TPSA) is 3.24 Å². The molecule has 0 fully saturated rings. The summed E-state index contributed by atoms with van der Waals surface area (Å²) in [6.45, 7) is -3.09. The molecule has 0 N–H and O–H groups in total. The number of rotatable bonds is 4. The number of nitrogens with zero attached hydrogens (tertiary/aromatic N) is 1. The molecule has 1 nitrogen and oxygen atoms in total. The van der Waals surface area contributed by atoms with Gasteiger partial charge in [0.1, 0.15) is 6.54 Å². The molecule has 0 bridgehead atoms. The zero-order valence-corrected chi connectivity index (χ0v) is 11.7. The van der Waals surface area contributed by atoms with Gasteiger partial charge in [0.2, 0.25) is 0 Å². The molecule has 0 aromatic heterocycles. The lowest BCUT2D eigenvalue weighted by Gasteiger charge is -2.26. The maximum Gasteiger partial charge on any atom is 0.417 e. The van der Waals surface area contributed by atoms with Gasteiger partial charge in [-0.3, -0.25) is 0 Å². The Morgan fingerprint density at radius 2 is 1.62 bits per heavy atom. The first-order chi connectivity index (χ1) is 9.40. The summed E-state index contributed by atoms with van der Waals surface area (Å²) in [5.41, 5.74) is -1.82. The Labute approximate surface area is 122 Å². The van der Waals surface area contributed by atoms with Crippen molar-refractivity contribution < 1.29 is 35.1 Å². The van der Waals surface area contributed by atoms with E-state index >= 15 is 0 Å². The molecule has 0 aliphatic heterocycles. The lowest BCUT2D eigenvalue weighted by Crippen LogP contribution is -2.37. The molecule has 0 amide bonds. The third kappa shape index (κ3) is 5.68. The number of alkyl halides is 8. The molecule has 21 heavy (non-hydrogen) atoms. The highest BCUT2D eigenvalue weighted by molar-refractivity contribution is 9.10. The lowest BCUT2D eigenvalue weighted by molar-refractivity contribution is -0.138. The number of hydrogen-bond donors (Lipinski definition) is 0. The Hall–Kier alpha value is -1.06. The van der Waals surface area contributed by atoms with Crippen LogP contribution in [0, 0.1) is 0 Å². The molecule has 0 atom stereocenters. The van der Waals surface area contributed by atoms with Crippen molar-refractivity contribution in [3.8, 4) is 0 Å². The molecule has 1 aromatic carbocycles. The van der Waals surface area contributed by atoms with Crippen LogP contribution in [0.4, 0.5) is 40.8 Å². The zero-order valence-electron chi connectivity index (χ0n) is 10.1. The number of anilines is 1. The third-order valence-corrected chi connectivity index (χ3v) is 3.04. The van der Waals surface area contributed by atoms with Gasteiger partial charge in [-0.05, 0) is 18.2 Å². The first kappa shape index (κ1) is 18.0. The van der Waals surface area contributed by atoms with E-state index in [1.807, 2.05) is 0 Å². The zero-order chi connectivity index (χ0) is 16.4. The molecule has 0 unspecified atom stereocenters. The smallest absolute Gasteiger partial charge is 0.357 e. The second-order valence-corrected chi connectivity index (χ2v) is 4.90. The molecule has 0 spiro atoms. The fraction of sp³-hybridized carbons (Fsp3) is 0.455. The molecule has 0 radical (unpaired) electrons. The summed E-state index contributed by atoms with van der Waals surface area (Å²) >= 11 is 2.62. The average Bonchev–Trinajstić information content (AvgIpc) is 2.24. The predicted molar refractivity (Wildman–Crippen MR) is 63.4 cm³/mol. The van der Waals surface area contributed by atoms with Crippen molar-refractivity contribution in [1.82, 2.24) is 0 Å². The van der Waals surface area contributed by atoms with Crippen LogP contribution in [0.15, 0.2) is 22.7 Å². The van der Waals surface area contributed by atoms with Gasteiger partial charge in [-0.1, -0.05) is 15.9 Å². The molecule has 0 aliphatic carbocycles. The Morgan fingerprint density at radius 3 is 2.05 bits per heavy atom. The van der Waals surface area contributed by atoms with Crippen LogP contribution in [0.5, 0.6) is 0 Å². The minimum Gasteiger partial charge on any atom is -0.357 e. The molecule has 0 aliphatic rings. The molecule has 10 heteroatoms. The molecule has 0 heterocycles. The Bertz CT molecular complexity index is 482. The van der Waals surface area contributed by atoms with E-state index in [1.165, 1.54) is 0 Å². The highest BCUT2D eigenvalue weighted by Crippen LogP contribution is 2.37. The van der Waals surface area contributed by atoms with Crippen LogP contribution in [0.3, 0.4) is 0 Å². The monoisotopic (exact) mass is 385 g/mol. The molecular formula is C11H8BrF8N. The minimum absolute atomic E-state index is 0.159. The summed E-state index contributed by atoms with van der Waals surface area (Å²) < 4.78 is 99.3. The van der Waals surface area contributed by atoms with Crippen molar-refractivity contribution in [2.75, 3.05) is 18.0 Å². The van der Waals surface area contributed by atoms with Crippen LogP contribution in [-0.4, -0.2) is 25.7 Å². The van der Waals surface area contributed by atoms with Crippen LogP contribution >= 0.6 is 15.9 Å². The van der Waals surface area contributed by atoms with Gasteiger partial charge in [-0.25, -0.2) is 8.78 Å². The number of benzene rings is 1. The third-order valence-electron chi connectivity index (χ3n) is 2.35. The Morgan fingerprint density at radius 1 is 1.05 bits per heavy atom. The molecule has 120 valence electrons. The summed E-state index contributed by atoms with van der Waals surface area (Å²) in [5.74, 6) is 0. The van der Waals surface area contributed by atoms with E-state index in [9.17, 15) is 35.1 Å². The van der Waals surface area contributed by atoms with Crippen molar-refractivity contribution in [2.45, 2.75) is 18.8 Å². The maximum atomic E-state index is 12.7. The number of halogens is 9. The number of hydrogen-bond acceptors (Lipinski definition) is 1. The van der Waals surface area contributed by atoms with Gasteiger partial charge in [-0.2, -0.15) is 26.3 Å². The van der Waals surface area contributed by atoms with Crippen LogP contribution in [-0.2, 0) is 6.18 Å². The van der Waals surface area contributed by atoms with Crippen LogP contribution < -0.4 is 4.90 Å². The van der Waals surface area contributed by atoms with E-state index in [-0.39, 0.29) is 9.37 Å². The SMILES string of the molecule is FC(F)CN(CC(F)(F)F)c1ccc(Br)c(C(F)(F)F)c1. The average molecular weight is 386 g/mol. The highest BCUT2D eigenvalue weighted by atomic mass is 79.9. The van der Waals surface area contributed by atoms with E-state index in [4.69, 9.17) is 0 Å². The summed E-state index contributed by atoms with van der Waals surface area (Å²) in [5, 5.41) is 0. The van der Waals surface area contributed by atoms with Gasteiger partial charge >= 0.3 is 12.4 Å². The highest BCUT2D eigenvalue weighted by Gasteiger charge is 2.36. The van der Waals surface area contributed by atoms with Gasteiger partial charge in [-0.15, -0.1) is 0 Å². The van der Waals surface area contributed by atoms with Gasteiger partial charge in [0.15, 0.2) is 0 Å². The fourth-order valence-corrected chi connectivity index (χ4v) is 2.04. The van der Waals surface area contributed by atoms with Gasteiger partial charge in [0.25, 0.3) is 6.43 Å². The Balaban J connectivity index is 3.19. The van der Waals surface area contributed by atoms with Crippen LogP contribution in [0.2, 0.25) is 0 Å². The van der Waals surface area contributed by atoms with Crippen molar-refractivity contribution in [3.05, 3.63) is 28.2 Å². The van der Waals surface area contributed by atoms with Gasteiger partial charge in [0.05, 0.1) is 12.1 Å². The van der Waals surface area contributed by atoms with Crippen molar-refractivity contribution >= 4 is 21.6 Å². The molecule has 0 saturated heterocycles. The normalized spacial score (nSPS) is 12.9. The first-order valence-corrected chi connectivity index (χ1v) is 6.16. The second-order valence-electron chi connectivity index (χ2n) is 4.05. The van der Waals surface area contributed by atoms with Crippen LogP contribution in [0.25, 0.3) is 0 Å². The minimum atomic E-state index is -4.82. The van der Waals surface area contributed by atoms with Crippen molar-refractivity contribution in [2.24, 2.45) is 0 Å². The van der Waals surface area contributed by atoms with Gasteiger partial charge < -0.3 is 4.90 Å². The first-order valence-electron chi connectivity index (χ1n) is 5.37. The summed E-state index contributed by atoms with van der Waals surface area (Å²) in [7, 11) is 0. The van der Waals surface area contributed by atoms with E-state index in [2.05, 4.69) is 15.9 Å². The van der Waals surface area contributed by atoms with E-state index < -0.39 is 43.1 Å². The van der Waals surface area contributed by atoms with Crippen molar-refractivity contribution in [1.29, 1.82) is 0 Å². The standard InChI is InChI=1S/C11H8BrF8N/c12-8-2-1-6(3-7(8)11(18,19)20)21(4-9(13)14)5-10(15,16)17/h1-3,9H,4-5H2. The maximum absolute atomic E-state index is 12.7. The fourth-order valence-electron chi connectivity index (χ4n) is 1.57.